The third kappa shape index (κ3) is 5.66. The van der Waals surface area contributed by atoms with E-state index in [1.54, 1.807) is 7.11 Å². The summed E-state index contributed by atoms with van der Waals surface area (Å²) in [5.74, 6) is 0.851. The number of aryl methyl sites for hydroxylation is 2. The second-order valence-electron chi connectivity index (χ2n) is 7.63. The van der Waals surface area contributed by atoms with Crippen LogP contribution in [0.5, 0.6) is 5.88 Å². The molecule has 1 aliphatic rings. The van der Waals surface area contributed by atoms with Crippen LogP contribution in [0.4, 0.5) is 16.3 Å². The first-order valence-corrected chi connectivity index (χ1v) is 10.7. The summed E-state index contributed by atoms with van der Waals surface area (Å²) in [5, 5.41) is 5.89. The number of alkyl carbamates (subject to hydrolysis) is 1. The summed E-state index contributed by atoms with van der Waals surface area (Å²) in [6.45, 7) is 6.26. The van der Waals surface area contributed by atoms with E-state index in [1.807, 2.05) is 26.8 Å². The molecule has 1 amide bonds. The molecule has 2 heterocycles. The highest BCUT2D eigenvalue weighted by atomic mass is 35.5. The molecule has 10 heteroatoms. The van der Waals surface area contributed by atoms with Crippen molar-refractivity contribution in [1.29, 1.82) is 0 Å². The number of aromatic nitrogens is 3. The minimum absolute atomic E-state index is 0.0854. The van der Waals surface area contributed by atoms with Gasteiger partial charge in [0.1, 0.15) is 11.8 Å². The van der Waals surface area contributed by atoms with Gasteiger partial charge in [-0.2, -0.15) is 0 Å². The minimum atomic E-state index is -0.491. The molecule has 168 valence electrons. The van der Waals surface area contributed by atoms with Crippen LogP contribution in [0, 0.1) is 19.8 Å². The standard InChI is InChI=1S/C21H28ClN5O4/c1-5-8-23-21(29)31-11-16(14-6-7-14)27-10-17(22)26-18(20(27)28)25-15-9-12(2)19(30-4)24-13(15)3/h9-10,14,16H,5-8,11H2,1-4H3,(H,23,29)(H,25,26)/t16-/m0/s1. The quantitative estimate of drug-likeness (QED) is 0.600. The van der Waals surface area contributed by atoms with Gasteiger partial charge >= 0.3 is 6.09 Å². The first-order valence-electron chi connectivity index (χ1n) is 10.3. The van der Waals surface area contributed by atoms with Gasteiger partial charge in [0.2, 0.25) is 5.88 Å². The van der Waals surface area contributed by atoms with Gasteiger partial charge in [-0.25, -0.2) is 14.8 Å². The summed E-state index contributed by atoms with van der Waals surface area (Å²) in [4.78, 5) is 33.7. The smallest absolute Gasteiger partial charge is 0.407 e. The molecule has 0 unspecified atom stereocenters. The van der Waals surface area contributed by atoms with E-state index in [0.717, 1.165) is 24.8 Å². The lowest BCUT2D eigenvalue weighted by atomic mass is 10.2. The second kappa shape index (κ2) is 10.00. The van der Waals surface area contributed by atoms with Gasteiger partial charge in [0.25, 0.3) is 5.56 Å². The van der Waals surface area contributed by atoms with E-state index in [9.17, 15) is 9.59 Å². The Morgan fingerprint density at radius 2 is 2.10 bits per heavy atom. The first kappa shape index (κ1) is 22.9. The number of hydrogen-bond acceptors (Lipinski definition) is 7. The maximum absolute atomic E-state index is 13.2. The molecule has 0 saturated heterocycles. The Hall–Kier alpha value is -2.81. The lowest BCUT2D eigenvalue weighted by molar-refractivity contribution is 0.122. The van der Waals surface area contributed by atoms with Crippen LogP contribution in [0.25, 0.3) is 0 Å². The Kier molecular flexibility index (Phi) is 7.37. The van der Waals surface area contributed by atoms with Crippen LogP contribution in [0.15, 0.2) is 17.1 Å². The molecule has 31 heavy (non-hydrogen) atoms. The monoisotopic (exact) mass is 449 g/mol. The van der Waals surface area contributed by atoms with Crippen LogP contribution in [0.1, 0.15) is 43.5 Å². The molecule has 0 spiro atoms. The Balaban J connectivity index is 1.86. The number of nitrogens with one attached hydrogen (secondary N) is 2. The molecular formula is C21H28ClN5O4. The van der Waals surface area contributed by atoms with Gasteiger partial charge < -0.3 is 24.7 Å². The van der Waals surface area contributed by atoms with E-state index < -0.39 is 6.09 Å². The van der Waals surface area contributed by atoms with E-state index in [-0.39, 0.29) is 35.1 Å². The fourth-order valence-electron chi connectivity index (χ4n) is 3.31. The van der Waals surface area contributed by atoms with E-state index in [2.05, 4.69) is 20.6 Å². The lowest BCUT2D eigenvalue weighted by Crippen LogP contribution is -2.33. The molecule has 2 N–H and O–H groups in total. The summed E-state index contributed by atoms with van der Waals surface area (Å²) < 4.78 is 12.1. The highest BCUT2D eigenvalue weighted by Crippen LogP contribution is 2.39. The number of nitrogens with zero attached hydrogens (tertiary/aromatic N) is 3. The zero-order valence-electron chi connectivity index (χ0n) is 18.2. The van der Waals surface area contributed by atoms with Crippen molar-refractivity contribution in [1.82, 2.24) is 19.9 Å². The predicted octanol–water partition coefficient (Wildman–Crippen LogP) is 3.75. The van der Waals surface area contributed by atoms with Crippen LogP contribution in [0.3, 0.4) is 0 Å². The average Bonchev–Trinajstić information content (AvgIpc) is 3.57. The molecule has 2 aromatic heterocycles. The molecule has 0 aliphatic heterocycles. The molecule has 0 aromatic carbocycles. The van der Waals surface area contributed by atoms with Crippen LogP contribution in [-0.4, -0.2) is 40.9 Å². The van der Waals surface area contributed by atoms with Crippen molar-refractivity contribution in [3.8, 4) is 5.88 Å². The summed E-state index contributed by atoms with van der Waals surface area (Å²) in [6, 6.07) is 1.53. The molecule has 1 aliphatic carbocycles. The fourth-order valence-corrected chi connectivity index (χ4v) is 3.50. The SMILES string of the molecule is CCCNC(=O)OC[C@@H](C1CC1)n1cc(Cl)nc(Nc2cc(C)c(OC)nc2C)c1=O. The van der Waals surface area contributed by atoms with E-state index in [0.29, 0.717) is 23.8 Å². The number of halogens is 1. The Labute approximate surface area is 186 Å². The topological polar surface area (TPSA) is 107 Å². The van der Waals surface area contributed by atoms with Crippen molar-refractivity contribution < 1.29 is 14.3 Å². The number of rotatable bonds is 9. The number of hydrogen-bond donors (Lipinski definition) is 2. The number of ether oxygens (including phenoxy) is 2. The zero-order chi connectivity index (χ0) is 22.5. The van der Waals surface area contributed by atoms with Gasteiger partial charge in [-0.3, -0.25) is 4.79 Å². The average molecular weight is 450 g/mol. The van der Waals surface area contributed by atoms with Crippen molar-refractivity contribution in [2.45, 2.75) is 46.1 Å². The molecule has 3 rings (SSSR count). The third-order valence-electron chi connectivity index (χ3n) is 5.13. The number of carbonyl (C=O) groups is 1. The van der Waals surface area contributed by atoms with Crippen LogP contribution in [-0.2, 0) is 4.74 Å². The minimum Gasteiger partial charge on any atom is -0.481 e. The maximum atomic E-state index is 13.2. The summed E-state index contributed by atoms with van der Waals surface area (Å²) in [5.41, 5.74) is 1.77. The van der Waals surface area contributed by atoms with Crippen molar-refractivity contribution in [2.75, 3.05) is 25.6 Å². The van der Waals surface area contributed by atoms with Crippen molar-refractivity contribution >= 4 is 29.2 Å². The van der Waals surface area contributed by atoms with E-state index in [4.69, 9.17) is 21.1 Å². The Morgan fingerprint density at radius 3 is 2.74 bits per heavy atom. The van der Waals surface area contributed by atoms with Crippen LogP contribution < -0.4 is 20.9 Å². The fraction of sp³-hybridized carbons (Fsp3) is 0.524. The van der Waals surface area contributed by atoms with Crippen molar-refractivity contribution in [3.63, 3.8) is 0 Å². The summed E-state index contributed by atoms with van der Waals surface area (Å²) >= 11 is 6.24. The van der Waals surface area contributed by atoms with Gasteiger partial charge in [-0.05, 0) is 45.1 Å². The summed E-state index contributed by atoms with van der Waals surface area (Å²) in [6.07, 6.45) is 3.74. The van der Waals surface area contributed by atoms with Gasteiger partial charge in [-0.15, -0.1) is 0 Å². The Morgan fingerprint density at radius 1 is 1.35 bits per heavy atom. The molecule has 1 saturated carbocycles. The van der Waals surface area contributed by atoms with Crippen molar-refractivity contribution in [2.24, 2.45) is 5.92 Å². The van der Waals surface area contributed by atoms with Crippen LogP contribution >= 0.6 is 11.6 Å². The van der Waals surface area contributed by atoms with Gasteiger partial charge in [0, 0.05) is 18.3 Å². The van der Waals surface area contributed by atoms with E-state index in [1.165, 1.54) is 10.8 Å². The van der Waals surface area contributed by atoms with Crippen molar-refractivity contribution in [3.05, 3.63) is 39.0 Å². The predicted molar refractivity (Wildman–Crippen MR) is 118 cm³/mol. The maximum Gasteiger partial charge on any atom is 0.407 e. The number of methoxy groups -OCH3 is 1. The molecule has 9 nitrogen and oxygen atoms in total. The highest BCUT2D eigenvalue weighted by molar-refractivity contribution is 6.29. The second-order valence-corrected chi connectivity index (χ2v) is 8.01. The lowest BCUT2D eigenvalue weighted by Gasteiger charge is -2.21. The third-order valence-corrected chi connectivity index (χ3v) is 5.32. The first-order chi connectivity index (χ1) is 14.8. The molecular weight excluding hydrogens is 422 g/mol. The number of anilines is 2. The van der Waals surface area contributed by atoms with Gasteiger partial charge in [-0.1, -0.05) is 18.5 Å². The largest absolute Gasteiger partial charge is 0.481 e. The Bertz CT molecular complexity index is 1010. The van der Waals surface area contributed by atoms with E-state index >= 15 is 0 Å². The molecule has 1 fully saturated rings. The molecule has 2 aromatic rings. The molecule has 0 radical (unpaired) electrons. The number of pyridine rings is 1. The molecule has 0 bridgehead atoms. The van der Waals surface area contributed by atoms with Gasteiger partial charge in [0.05, 0.1) is 24.5 Å². The summed E-state index contributed by atoms with van der Waals surface area (Å²) in [7, 11) is 1.56. The van der Waals surface area contributed by atoms with Crippen LogP contribution in [0.2, 0.25) is 5.15 Å². The molecule has 1 atom stereocenters. The normalized spacial score (nSPS) is 14.1. The highest BCUT2D eigenvalue weighted by Gasteiger charge is 2.35. The zero-order valence-corrected chi connectivity index (χ0v) is 19.0. The van der Waals surface area contributed by atoms with Gasteiger partial charge in [0.15, 0.2) is 5.82 Å². The number of amides is 1. The number of carbonyl (C=O) groups excluding carboxylic acids is 1.